The summed E-state index contributed by atoms with van der Waals surface area (Å²) in [5, 5.41) is 7.85. The molecule has 0 aliphatic rings. The van der Waals surface area contributed by atoms with E-state index in [9.17, 15) is 0 Å². The molecule has 1 N–H and O–H groups in total. The minimum atomic E-state index is 0.104. The molecule has 0 fully saturated rings. The van der Waals surface area contributed by atoms with E-state index in [0.717, 1.165) is 30.8 Å². The van der Waals surface area contributed by atoms with Crippen LogP contribution in [0.1, 0.15) is 45.3 Å². The number of rotatable bonds is 9. The van der Waals surface area contributed by atoms with Gasteiger partial charge in [-0.3, -0.25) is 4.68 Å². The molecule has 5 heteroatoms. The van der Waals surface area contributed by atoms with E-state index in [1.165, 1.54) is 0 Å². The molecule has 1 rings (SSSR count). The highest BCUT2D eigenvalue weighted by atomic mass is 16.5. The Labute approximate surface area is 116 Å². The highest BCUT2D eigenvalue weighted by Gasteiger charge is 2.27. The molecular formula is C14H27N3O2. The van der Waals surface area contributed by atoms with Crippen molar-refractivity contribution >= 4 is 0 Å². The maximum absolute atomic E-state index is 5.87. The minimum absolute atomic E-state index is 0.104. The van der Waals surface area contributed by atoms with E-state index in [1.54, 1.807) is 13.3 Å². The normalized spacial score (nSPS) is 14.4. The van der Waals surface area contributed by atoms with Crippen molar-refractivity contribution < 1.29 is 9.47 Å². The molecule has 0 aliphatic heterocycles. The average molecular weight is 269 g/mol. The third kappa shape index (κ3) is 3.94. The van der Waals surface area contributed by atoms with Crippen LogP contribution in [-0.2, 0) is 11.8 Å². The zero-order chi connectivity index (χ0) is 14.3. The summed E-state index contributed by atoms with van der Waals surface area (Å²) in [6, 6.07) is 0.104. The Balaban J connectivity index is 3.03. The fraction of sp³-hybridized carbons (Fsp3) is 0.786. The molecule has 0 radical (unpaired) electrons. The lowest BCUT2D eigenvalue weighted by molar-refractivity contribution is 0.0287. The molecule has 1 heterocycles. The van der Waals surface area contributed by atoms with Gasteiger partial charge in [-0.05, 0) is 26.3 Å². The topological polar surface area (TPSA) is 48.3 Å². The molecule has 0 bridgehead atoms. The molecule has 0 saturated carbocycles. The van der Waals surface area contributed by atoms with Crippen molar-refractivity contribution in [2.75, 3.05) is 20.3 Å². The lowest BCUT2D eigenvalue weighted by Crippen LogP contribution is -2.35. The summed E-state index contributed by atoms with van der Waals surface area (Å²) in [5.74, 6) is 0.814. The maximum atomic E-state index is 5.87. The third-order valence-electron chi connectivity index (χ3n) is 3.23. The molecule has 5 nitrogen and oxygen atoms in total. The van der Waals surface area contributed by atoms with Gasteiger partial charge in [-0.2, -0.15) is 5.10 Å². The van der Waals surface area contributed by atoms with E-state index in [0.29, 0.717) is 6.61 Å². The monoisotopic (exact) mass is 269 g/mol. The number of hydrogen-bond donors (Lipinski definition) is 1. The van der Waals surface area contributed by atoms with E-state index in [2.05, 4.69) is 24.3 Å². The van der Waals surface area contributed by atoms with E-state index < -0.39 is 0 Å². The Morgan fingerprint density at radius 2 is 2.11 bits per heavy atom. The van der Waals surface area contributed by atoms with Crippen molar-refractivity contribution in [2.24, 2.45) is 7.05 Å². The summed E-state index contributed by atoms with van der Waals surface area (Å²) in [6.45, 7) is 7.99. The van der Waals surface area contributed by atoms with Crippen molar-refractivity contribution in [2.45, 2.75) is 45.8 Å². The Hall–Kier alpha value is -1.07. The lowest BCUT2D eigenvalue weighted by atomic mass is 10.0. The summed E-state index contributed by atoms with van der Waals surface area (Å²) in [7, 11) is 3.62. The first-order chi connectivity index (χ1) is 9.19. The molecule has 0 aromatic carbocycles. The van der Waals surface area contributed by atoms with Gasteiger partial charge in [0.15, 0.2) is 5.75 Å². The summed E-state index contributed by atoms with van der Waals surface area (Å²) < 4.78 is 13.2. The second-order valence-electron chi connectivity index (χ2n) is 4.56. The van der Waals surface area contributed by atoms with Gasteiger partial charge in [-0.25, -0.2) is 0 Å². The molecule has 1 aromatic heterocycles. The van der Waals surface area contributed by atoms with Crippen LogP contribution < -0.4 is 10.1 Å². The summed E-state index contributed by atoms with van der Waals surface area (Å²) in [5.41, 5.74) is 1.05. The predicted molar refractivity (Wildman–Crippen MR) is 76.5 cm³/mol. The molecule has 2 unspecified atom stereocenters. The molecule has 0 spiro atoms. The Kier molecular flexibility index (Phi) is 6.87. The highest BCUT2D eigenvalue weighted by molar-refractivity contribution is 5.29. The van der Waals surface area contributed by atoms with E-state index in [-0.39, 0.29) is 12.1 Å². The van der Waals surface area contributed by atoms with Gasteiger partial charge in [0.1, 0.15) is 0 Å². The fourth-order valence-electron chi connectivity index (χ4n) is 2.31. The first-order valence-corrected chi connectivity index (χ1v) is 7.10. The quantitative estimate of drug-likeness (QED) is 0.747. The molecule has 0 amide bonds. The van der Waals surface area contributed by atoms with Gasteiger partial charge >= 0.3 is 0 Å². The van der Waals surface area contributed by atoms with Gasteiger partial charge in [0.05, 0.1) is 31.1 Å². The molecule has 0 saturated heterocycles. The standard InChI is InChI=1S/C14H27N3O2/c1-6-9-15-13(11(7-2)19-8-3)14-12(18-5)10-16-17(14)4/h10-11,13,15H,6-9H2,1-5H3. The number of hydrogen-bond acceptors (Lipinski definition) is 4. The van der Waals surface area contributed by atoms with Crippen LogP contribution in [0.25, 0.3) is 0 Å². The van der Waals surface area contributed by atoms with E-state index in [4.69, 9.17) is 9.47 Å². The lowest BCUT2D eigenvalue weighted by Gasteiger charge is -2.28. The largest absolute Gasteiger partial charge is 0.493 e. The predicted octanol–water partition coefficient (Wildman–Crippen LogP) is 2.28. The minimum Gasteiger partial charge on any atom is -0.493 e. The second-order valence-corrected chi connectivity index (χ2v) is 4.56. The van der Waals surface area contributed by atoms with Crippen LogP contribution in [0.5, 0.6) is 5.75 Å². The van der Waals surface area contributed by atoms with Crippen LogP contribution in [0, 0.1) is 0 Å². The van der Waals surface area contributed by atoms with Crippen LogP contribution in [0.15, 0.2) is 6.20 Å². The second kappa shape index (κ2) is 8.17. The average Bonchev–Trinajstić information content (AvgIpc) is 2.79. The number of nitrogens with one attached hydrogen (secondary N) is 1. The van der Waals surface area contributed by atoms with Crippen LogP contribution >= 0.6 is 0 Å². The zero-order valence-corrected chi connectivity index (χ0v) is 12.8. The van der Waals surface area contributed by atoms with Crippen LogP contribution in [0.4, 0.5) is 0 Å². The van der Waals surface area contributed by atoms with Crippen molar-refractivity contribution in [1.82, 2.24) is 15.1 Å². The first-order valence-electron chi connectivity index (χ1n) is 7.10. The van der Waals surface area contributed by atoms with Crippen LogP contribution in [0.2, 0.25) is 0 Å². The molecule has 0 aliphatic carbocycles. The van der Waals surface area contributed by atoms with Crippen molar-refractivity contribution in [3.05, 3.63) is 11.9 Å². The number of aryl methyl sites for hydroxylation is 1. The number of aromatic nitrogens is 2. The van der Waals surface area contributed by atoms with Gasteiger partial charge < -0.3 is 14.8 Å². The van der Waals surface area contributed by atoms with Gasteiger partial charge in [0.25, 0.3) is 0 Å². The van der Waals surface area contributed by atoms with E-state index in [1.807, 2.05) is 18.7 Å². The Morgan fingerprint density at radius 1 is 1.37 bits per heavy atom. The first kappa shape index (κ1) is 16.0. The van der Waals surface area contributed by atoms with Crippen LogP contribution in [0.3, 0.4) is 0 Å². The molecule has 110 valence electrons. The summed E-state index contributed by atoms with van der Waals surface area (Å²) >= 11 is 0. The van der Waals surface area contributed by atoms with Crippen molar-refractivity contribution in [1.29, 1.82) is 0 Å². The maximum Gasteiger partial charge on any atom is 0.161 e. The molecular weight excluding hydrogens is 242 g/mol. The Bertz CT molecular complexity index is 366. The Morgan fingerprint density at radius 3 is 2.63 bits per heavy atom. The number of ether oxygens (including phenoxy) is 2. The number of nitrogens with zero attached hydrogens (tertiary/aromatic N) is 2. The van der Waals surface area contributed by atoms with E-state index >= 15 is 0 Å². The zero-order valence-electron chi connectivity index (χ0n) is 12.8. The fourth-order valence-corrected chi connectivity index (χ4v) is 2.31. The van der Waals surface area contributed by atoms with Gasteiger partial charge in [0, 0.05) is 13.7 Å². The number of methoxy groups -OCH3 is 1. The SMILES string of the molecule is CCCNC(c1c(OC)cnn1C)C(CC)OCC. The smallest absolute Gasteiger partial charge is 0.161 e. The van der Waals surface area contributed by atoms with Crippen molar-refractivity contribution in [3.8, 4) is 5.75 Å². The summed E-state index contributed by atoms with van der Waals surface area (Å²) in [4.78, 5) is 0. The van der Waals surface area contributed by atoms with Crippen molar-refractivity contribution in [3.63, 3.8) is 0 Å². The van der Waals surface area contributed by atoms with Crippen LogP contribution in [-0.4, -0.2) is 36.1 Å². The highest BCUT2D eigenvalue weighted by Crippen LogP contribution is 2.29. The molecule has 19 heavy (non-hydrogen) atoms. The van der Waals surface area contributed by atoms with Gasteiger partial charge in [-0.1, -0.05) is 13.8 Å². The van der Waals surface area contributed by atoms with Gasteiger partial charge in [-0.15, -0.1) is 0 Å². The summed E-state index contributed by atoms with van der Waals surface area (Å²) in [6.07, 6.45) is 3.91. The molecule has 1 aromatic rings. The third-order valence-corrected chi connectivity index (χ3v) is 3.23. The molecule has 2 atom stereocenters. The van der Waals surface area contributed by atoms with Gasteiger partial charge in [0.2, 0.25) is 0 Å².